The lowest BCUT2D eigenvalue weighted by molar-refractivity contribution is -0.118. The van der Waals surface area contributed by atoms with Crippen molar-refractivity contribution < 1.29 is 34.8 Å². The molecule has 6 N–H and O–H groups in total. The summed E-state index contributed by atoms with van der Waals surface area (Å²) in [5.41, 5.74) is 5.61. The summed E-state index contributed by atoms with van der Waals surface area (Å²) < 4.78 is 5.78. The van der Waals surface area contributed by atoms with Gasteiger partial charge in [0.15, 0.2) is 5.76 Å². The Bertz CT molecular complexity index is 1980. The van der Waals surface area contributed by atoms with Gasteiger partial charge < -0.3 is 35.8 Å². The van der Waals surface area contributed by atoms with Crippen molar-refractivity contribution in [1.29, 1.82) is 0 Å². The van der Waals surface area contributed by atoms with Crippen molar-refractivity contribution in [3.63, 3.8) is 0 Å². The molecule has 2 unspecified atom stereocenters. The normalized spacial score (nSPS) is 25.1. The topological polar surface area (TPSA) is 148 Å². The predicted molar refractivity (Wildman–Crippen MR) is 165 cm³/mol. The maximum atomic E-state index is 14.2. The number of hydrogen-bond acceptors (Lipinski definition) is 9. The third-order valence-corrected chi connectivity index (χ3v) is 10.5. The van der Waals surface area contributed by atoms with E-state index in [1.807, 2.05) is 13.0 Å². The summed E-state index contributed by atoms with van der Waals surface area (Å²) in [4.78, 5) is 27.7. The van der Waals surface area contributed by atoms with E-state index in [9.17, 15) is 30.0 Å². The molecule has 1 saturated heterocycles. The summed E-state index contributed by atoms with van der Waals surface area (Å²) in [7, 11) is 1.39. The van der Waals surface area contributed by atoms with Crippen LogP contribution in [0.2, 0.25) is 0 Å². The van der Waals surface area contributed by atoms with E-state index in [0.717, 1.165) is 42.5 Å². The lowest BCUT2D eigenvalue weighted by Crippen LogP contribution is -2.57. The number of ether oxygens (including phenoxy) is 1. The summed E-state index contributed by atoms with van der Waals surface area (Å²) >= 11 is 0. The highest BCUT2D eigenvalue weighted by Crippen LogP contribution is 2.59. The number of carbonyl (C=O) groups excluding carboxylic acids is 2. The molecule has 1 saturated carbocycles. The molecule has 0 spiro atoms. The van der Waals surface area contributed by atoms with Gasteiger partial charge in [0.05, 0.1) is 37.8 Å². The zero-order valence-corrected chi connectivity index (χ0v) is 24.8. The van der Waals surface area contributed by atoms with Crippen LogP contribution in [0.25, 0.3) is 32.7 Å². The number of ketones is 2. The lowest BCUT2D eigenvalue weighted by Gasteiger charge is -2.46. The van der Waals surface area contributed by atoms with Gasteiger partial charge in [0.2, 0.25) is 5.78 Å². The van der Waals surface area contributed by atoms with E-state index >= 15 is 0 Å². The van der Waals surface area contributed by atoms with E-state index in [2.05, 4.69) is 10.6 Å². The number of fused-ring (bicyclic) bond motifs is 4. The van der Waals surface area contributed by atoms with Crippen molar-refractivity contribution >= 4 is 44.3 Å². The van der Waals surface area contributed by atoms with E-state index in [4.69, 9.17) is 4.74 Å². The quantitative estimate of drug-likeness (QED) is 0.242. The number of methoxy groups -OCH3 is 1. The number of carbonyl (C=O) groups is 2. The highest BCUT2D eigenvalue weighted by molar-refractivity contribution is 6.34. The Kier molecular flexibility index (Phi) is 5.85. The Balaban J connectivity index is 1.68. The van der Waals surface area contributed by atoms with Crippen molar-refractivity contribution in [3.8, 4) is 11.5 Å². The van der Waals surface area contributed by atoms with Gasteiger partial charge in [-0.25, -0.2) is 0 Å². The number of Topliss-reactive ketones (excluding diaryl/α,β-unsaturated/α-hetero) is 2. The van der Waals surface area contributed by atoms with Crippen molar-refractivity contribution in [2.75, 3.05) is 7.11 Å². The van der Waals surface area contributed by atoms with Crippen LogP contribution in [-0.4, -0.2) is 51.2 Å². The summed E-state index contributed by atoms with van der Waals surface area (Å²) in [6.45, 7) is 2.53. The zero-order valence-electron chi connectivity index (χ0n) is 24.8. The second-order valence-corrected chi connectivity index (χ2v) is 12.7. The molecule has 4 atom stereocenters. The van der Waals surface area contributed by atoms with Crippen LogP contribution in [0.3, 0.4) is 0 Å². The molecule has 5 aliphatic rings. The number of allylic oxidation sites excluding steroid dienone is 5. The van der Waals surface area contributed by atoms with Crippen LogP contribution in [-0.2, 0) is 22.7 Å². The van der Waals surface area contributed by atoms with Crippen LogP contribution in [0, 0.1) is 5.92 Å². The first-order valence-corrected chi connectivity index (χ1v) is 15.2. The molecular formula is C35H34N2O7. The first-order valence-electron chi connectivity index (χ1n) is 15.2. The third-order valence-electron chi connectivity index (χ3n) is 10.5. The molecule has 3 aromatic rings. The first kappa shape index (κ1) is 27.4. The number of phenolic OH excluding ortho intramolecular Hbond substituents is 2. The van der Waals surface area contributed by atoms with Crippen LogP contribution in [0.15, 0.2) is 35.2 Å². The number of phenols is 2. The standard InChI is InChI=1S/C35H34N2O7/c1-13-8-17-25-28-23(15(11-38)9-20(41)26(28)33-32(17)36-18-6-4-5-7-19(18)37-33)24-16(12-39)10-21(42)27-29(24)30(25)31(22(13)14(2)40)35(44-3)34(27)43/h8-10,18-19,22,33,36-39,41-42H,4-7,11-12H2,1-3H3/t18-,19+,22?,33?/m0/s1. The summed E-state index contributed by atoms with van der Waals surface area (Å²) in [5.74, 6) is -1.83. The maximum Gasteiger partial charge on any atom is 0.232 e. The minimum Gasteiger partial charge on any atom is -0.508 e. The summed E-state index contributed by atoms with van der Waals surface area (Å²) in [6.07, 6.45) is 6.21. The van der Waals surface area contributed by atoms with Gasteiger partial charge >= 0.3 is 0 Å². The Labute approximate surface area is 253 Å². The molecule has 4 aliphatic carbocycles. The van der Waals surface area contributed by atoms with E-state index in [1.165, 1.54) is 20.1 Å². The van der Waals surface area contributed by atoms with Crippen LogP contribution >= 0.6 is 0 Å². The second kappa shape index (κ2) is 9.41. The third kappa shape index (κ3) is 3.29. The Hall–Kier alpha value is -4.18. The number of piperazine rings is 1. The number of aliphatic hydroxyl groups excluding tert-OH is 2. The van der Waals surface area contributed by atoms with Gasteiger partial charge in [0.25, 0.3) is 0 Å². The van der Waals surface area contributed by atoms with Gasteiger partial charge in [-0.2, -0.15) is 0 Å². The van der Waals surface area contributed by atoms with Crippen molar-refractivity contribution in [3.05, 3.63) is 68.6 Å². The van der Waals surface area contributed by atoms with Crippen LogP contribution in [0.5, 0.6) is 11.5 Å². The molecule has 9 nitrogen and oxygen atoms in total. The minimum absolute atomic E-state index is 0.0195. The molecule has 8 rings (SSSR count). The fourth-order valence-corrected chi connectivity index (χ4v) is 8.82. The smallest absolute Gasteiger partial charge is 0.232 e. The fourth-order valence-electron chi connectivity index (χ4n) is 8.82. The molecule has 0 aromatic heterocycles. The van der Waals surface area contributed by atoms with Crippen LogP contribution in [0.1, 0.15) is 83.7 Å². The van der Waals surface area contributed by atoms with Crippen molar-refractivity contribution in [1.82, 2.24) is 10.6 Å². The second-order valence-electron chi connectivity index (χ2n) is 12.7. The van der Waals surface area contributed by atoms with Gasteiger partial charge in [-0.3, -0.25) is 9.59 Å². The number of hydrogen-bond donors (Lipinski definition) is 6. The number of aliphatic hydroxyl groups is 2. The lowest BCUT2D eigenvalue weighted by atomic mass is 9.70. The Morgan fingerprint density at radius 1 is 0.932 bits per heavy atom. The average Bonchev–Trinajstić information content (AvgIpc) is 3.14. The van der Waals surface area contributed by atoms with E-state index in [0.29, 0.717) is 54.9 Å². The molecule has 0 radical (unpaired) electrons. The van der Waals surface area contributed by atoms with E-state index in [-0.39, 0.29) is 40.7 Å². The summed E-state index contributed by atoms with van der Waals surface area (Å²) in [6, 6.07) is 2.92. The highest BCUT2D eigenvalue weighted by atomic mass is 16.5. The average molecular weight is 595 g/mol. The maximum absolute atomic E-state index is 14.2. The predicted octanol–water partition coefficient (Wildman–Crippen LogP) is 4.38. The summed E-state index contributed by atoms with van der Waals surface area (Å²) in [5, 5.41) is 54.2. The molecule has 226 valence electrons. The van der Waals surface area contributed by atoms with E-state index < -0.39 is 31.0 Å². The SMILES string of the molecule is COC1=C2c3c4c5c(c(O)cc(CO)c5c5c(CO)cc(O)c(c35)C1=O)C1N[C@@H]3CCCC[C@@H]3NC1=C4C=C(C)C2C(C)=O. The van der Waals surface area contributed by atoms with E-state index in [1.54, 1.807) is 6.07 Å². The highest BCUT2D eigenvalue weighted by Gasteiger charge is 2.47. The van der Waals surface area contributed by atoms with Gasteiger partial charge in [0.1, 0.15) is 17.3 Å². The minimum atomic E-state index is -0.812. The van der Waals surface area contributed by atoms with Crippen molar-refractivity contribution in [2.45, 2.75) is 70.9 Å². The first-order chi connectivity index (χ1) is 21.2. The number of benzene rings is 3. The molecule has 3 aromatic carbocycles. The van der Waals surface area contributed by atoms with Gasteiger partial charge in [-0.1, -0.05) is 24.5 Å². The molecule has 0 amide bonds. The van der Waals surface area contributed by atoms with Gasteiger partial charge in [-0.15, -0.1) is 0 Å². The van der Waals surface area contributed by atoms with Gasteiger partial charge in [0, 0.05) is 50.8 Å². The van der Waals surface area contributed by atoms with Crippen LogP contribution < -0.4 is 10.6 Å². The molecule has 1 aliphatic heterocycles. The molecule has 0 bridgehead atoms. The number of rotatable bonds is 4. The molecule has 1 heterocycles. The Morgan fingerprint density at radius 2 is 1.59 bits per heavy atom. The number of aromatic hydroxyl groups is 2. The monoisotopic (exact) mass is 594 g/mol. The van der Waals surface area contributed by atoms with Gasteiger partial charge in [-0.05, 0) is 66.3 Å². The largest absolute Gasteiger partial charge is 0.508 e. The van der Waals surface area contributed by atoms with Crippen molar-refractivity contribution in [2.24, 2.45) is 5.92 Å². The molecule has 9 heteroatoms. The zero-order chi connectivity index (χ0) is 30.8. The molecular weight excluding hydrogens is 560 g/mol. The van der Waals surface area contributed by atoms with Crippen LogP contribution in [0.4, 0.5) is 0 Å². The Morgan fingerprint density at radius 3 is 2.25 bits per heavy atom. The molecule has 2 fully saturated rings. The fraction of sp³-hybridized carbons (Fsp3) is 0.371. The molecule has 44 heavy (non-hydrogen) atoms. The number of nitrogens with one attached hydrogen (secondary N) is 2.